The van der Waals surface area contributed by atoms with Crippen molar-refractivity contribution in [1.82, 2.24) is 4.98 Å². The van der Waals surface area contributed by atoms with Crippen LogP contribution in [0.1, 0.15) is 26.7 Å². The Morgan fingerprint density at radius 1 is 1.53 bits per heavy atom. The molecule has 0 amide bonds. The van der Waals surface area contributed by atoms with Crippen molar-refractivity contribution < 1.29 is 4.74 Å². The number of hydrogen-bond acceptors (Lipinski definition) is 4. The fourth-order valence-corrected chi connectivity index (χ4v) is 2.37. The highest BCUT2D eigenvalue weighted by molar-refractivity contribution is 6.29. The largest absolute Gasteiger partial charge is 0.399 e. The second-order valence-corrected chi connectivity index (χ2v) is 5.44. The van der Waals surface area contributed by atoms with E-state index in [0.29, 0.717) is 16.9 Å². The van der Waals surface area contributed by atoms with E-state index in [1.165, 1.54) is 0 Å². The van der Waals surface area contributed by atoms with Crippen LogP contribution in [0.2, 0.25) is 5.15 Å². The maximum atomic E-state index is 5.87. The number of hydrogen-bond donors (Lipinski definition) is 2. The van der Waals surface area contributed by atoms with E-state index in [0.717, 1.165) is 25.3 Å². The Hall–Kier alpha value is -1.00. The second kappa shape index (κ2) is 4.70. The van der Waals surface area contributed by atoms with Crippen molar-refractivity contribution in [2.45, 2.75) is 38.3 Å². The molecule has 1 fully saturated rings. The third-order valence-electron chi connectivity index (χ3n) is 2.87. The van der Waals surface area contributed by atoms with E-state index < -0.39 is 0 Å². The van der Waals surface area contributed by atoms with Gasteiger partial charge in [0.1, 0.15) is 11.0 Å². The first-order chi connectivity index (χ1) is 7.94. The molecule has 0 radical (unpaired) electrons. The van der Waals surface area contributed by atoms with Crippen molar-refractivity contribution in [2.75, 3.05) is 17.7 Å². The van der Waals surface area contributed by atoms with E-state index in [9.17, 15) is 0 Å². The number of rotatable bonds is 2. The van der Waals surface area contributed by atoms with Crippen LogP contribution in [0.5, 0.6) is 0 Å². The predicted molar refractivity (Wildman–Crippen MR) is 70.3 cm³/mol. The van der Waals surface area contributed by atoms with Crippen molar-refractivity contribution in [2.24, 2.45) is 0 Å². The summed E-state index contributed by atoms with van der Waals surface area (Å²) in [6.07, 6.45) is 1.92. The molecule has 0 aliphatic carbocycles. The molecule has 2 heterocycles. The van der Waals surface area contributed by atoms with Crippen LogP contribution in [0.15, 0.2) is 12.1 Å². The first-order valence-corrected chi connectivity index (χ1v) is 6.16. The van der Waals surface area contributed by atoms with Crippen LogP contribution in [0.3, 0.4) is 0 Å². The lowest BCUT2D eigenvalue weighted by atomic mass is 9.94. The molecule has 1 aliphatic rings. The van der Waals surface area contributed by atoms with Gasteiger partial charge in [-0.05, 0) is 32.8 Å². The number of pyridine rings is 1. The van der Waals surface area contributed by atoms with Gasteiger partial charge in [0.05, 0.1) is 5.60 Å². The highest BCUT2D eigenvalue weighted by Crippen LogP contribution is 2.26. The molecule has 17 heavy (non-hydrogen) atoms. The van der Waals surface area contributed by atoms with Crippen molar-refractivity contribution in [3.63, 3.8) is 0 Å². The summed E-state index contributed by atoms with van der Waals surface area (Å²) in [4.78, 5) is 4.21. The predicted octanol–water partition coefficient (Wildman–Crippen LogP) is 2.69. The topological polar surface area (TPSA) is 60.2 Å². The van der Waals surface area contributed by atoms with E-state index in [4.69, 9.17) is 22.1 Å². The van der Waals surface area contributed by atoms with Crippen LogP contribution in [0.25, 0.3) is 0 Å². The maximum Gasteiger partial charge on any atom is 0.133 e. The van der Waals surface area contributed by atoms with Gasteiger partial charge >= 0.3 is 0 Å². The van der Waals surface area contributed by atoms with Crippen molar-refractivity contribution in [3.8, 4) is 0 Å². The van der Waals surface area contributed by atoms with Gasteiger partial charge in [-0.3, -0.25) is 0 Å². The van der Waals surface area contributed by atoms with Gasteiger partial charge in [0.2, 0.25) is 0 Å². The minimum absolute atomic E-state index is 0.0833. The fourth-order valence-electron chi connectivity index (χ4n) is 2.15. The third-order valence-corrected chi connectivity index (χ3v) is 3.06. The van der Waals surface area contributed by atoms with Crippen LogP contribution in [-0.2, 0) is 4.74 Å². The molecular weight excluding hydrogens is 238 g/mol. The lowest BCUT2D eigenvalue weighted by molar-refractivity contribution is -0.0553. The van der Waals surface area contributed by atoms with E-state index in [-0.39, 0.29) is 5.60 Å². The number of nitrogens with one attached hydrogen (secondary N) is 1. The van der Waals surface area contributed by atoms with Crippen molar-refractivity contribution in [3.05, 3.63) is 17.3 Å². The molecule has 1 aromatic heterocycles. The summed E-state index contributed by atoms with van der Waals surface area (Å²) in [5.74, 6) is 0.734. The average molecular weight is 256 g/mol. The van der Waals surface area contributed by atoms with Crippen LogP contribution in [-0.4, -0.2) is 23.2 Å². The molecule has 4 nitrogen and oxygen atoms in total. The zero-order valence-electron chi connectivity index (χ0n) is 10.2. The molecule has 5 heteroatoms. The van der Waals surface area contributed by atoms with Crippen LogP contribution in [0.4, 0.5) is 11.5 Å². The number of nitrogens with two attached hydrogens (primary N) is 1. The highest BCUT2D eigenvalue weighted by atomic mass is 35.5. The molecule has 0 spiro atoms. The van der Waals surface area contributed by atoms with Crippen molar-refractivity contribution in [1.29, 1.82) is 0 Å². The molecule has 1 saturated heterocycles. The lowest BCUT2D eigenvalue weighted by Crippen LogP contribution is -2.40. The third kappa shape index (κ3) is 3.48. The summed E-state index contributed by atoms with van der Waals surface area (Å²) in [6, 6.07) is 3.79. The molecule has 1 atom stereocenters. The van der Waals surface area contributed by atoms with Crippen molar-refractivity contribution >= 4 is 23.1 Å². The Kier molecular flexibility index (Phi) is 3.45. The van der Waals surface area contributed by atoms with E-state index >= 15 is 0 Å². The zero-order valence-corrected chi connectivity index (χ0v) is 10.9. The fraction of sp³-hybridized carbons (Fsp3) is 0.583. The smallest absolute Gasteiger partial charge is 0.133 e. The summed E-state index contributed by atoms with van der Waals surface area (Å²) in [7, 11) is 0. The number of aromatic nitrogens is 1. The Labute approximate surface area is 107 Å². The number of ether oxygens (including phenoxy) is 1. The average Bonchev–Trinajstić information content (AvgIpc) is 2.13. The zero-order chi connectivity index (χ0) is 12.5. The normalized spacial score (nSPS) is 23.4. The van der Waals surface area contributed by atoms with Gasteiger partial charge < -0.3 is 15.8 Å². The van der Waals surface area contributed by atoms with Gasteiger partial charge in [0.25, 0.3) is 0 Å². The lowest BCUT2D eigenvalue weighted by Gasteiger charge is -2.36. The second-order valence-electron chi connectivity index (χ2n) is 5.05. The summed E-state index contributed by atoms with van der Waals surface area (Å²) in [5, 5.41) is 3.78. The van der Waals surface area contributed by atoms with Gasteiger partial charge in [-0.25, -0.2) is 4.98 Å². The Morgan fingerprint density at radius 3 is 2.94 bits per heavy atom. The monoisotopic (exact) mass is 255 g/mol. The quantitative estimate of drug-likeness (QED) is 0.798. The molecule has 0 aromatic carbocycles. The van der Waals surface area contributed by atoms with E-state index in [1.54, 1.807) is 12.1 Å². The first-order valence-electron chi connectivity index (χ1n) is 5.78. The Morgan fingerprint density at radius 2 is 2.29 bits per heavy atom. The molecule has 1 aliphatic heterocycles. The molecule has 1 unspecified atom stereocenters. The summed E-state index contributed by atoms with van der Waals surface area (Å²) in [6.45, 7) is 4.96. The Balaban J connectivity index is 2.05. The highest BCUT2D eigenvalue weighted by Gasteiger charge is 2.28. The molecule has 1 aromatic rings. The number of halogens is 1. The first kappa shape index (κ1) is 12.5. The SMILES string of the molecule is CC1(C)CC(Nc2cc(N)cc(Cl)n2)CCO1. The standard InChI is InChI=1S/C12H18ClN3O/c1-12(2)7-9(3-4-17-12)15-11-6-8(14)5-10(13)16-11/h5-6,9H,3-4,7H2,1-2H3,(H3,14,15,16). The molecule has 94 valence electrons. The minimum atomic E-state index is -0.0833. The number of nitrogen functional groups attached to an aromatic ring is 1. The van der Waals surface area contributed by atoms with Gasteiger partial charge in [-0.2, -0.15) is 0 Å². The van der Waals surface area contributed by atoms with Crippen LogP contribution < -0.4 is 11.1 Å². The van der Waals surface area contributed by atoms with Crippen LogP contribution >= 0.6 is 11.6 Å². The van der Waals surface area contributed by atoms with E-state index in [2.05, 4.69) is 24.1 Å². The summed E-state index contributed by atoms with van der Waals surface area (Å²) in [5.41, 5.74) is 6.27. The van der Waals surface area contributed by atoms with Gasteiger partial charge in [-0.1, -0.05) is 11.6 Å². The Bertz CT molecular complexity index is 388. The van der Waals surface area contributed by atoms with Crippen LogP contribution in [0, 0.1) is 0 Å². The number of anilines is 2. The summed E-state index contributed by atoms with van der Waals surface area (Å²) < 4.78 is 5.67. The molecule has 2 rings (SSSR count). The minimum Gasteiger partial charge on any atom is -0.399 e. The summed E-state index contributed by atoms with van der Waals surface area (Å²) >= 11 is 5.87. The van der Waals surface area contributed by atoms with Gasteiger partial charge in [0, 0.05) is 24.4 Å². The molecule has 0 saturated carbocycles. The van der Waals surface area contributed by atoms with Gasteiger partial charge in [-0.15, -0.1) is 0 Å². The molecule has 3 N–H and O–H groups in total. The molecule has 0 bridgehead atoms. The van der Waals surface area contributed by atoms with E-state index in [1.807, 2.05) is 0 Å². The number of nitrogens with zero attached hydrogens (tertiary/aromatic N) is 1. The molecular formula is C12H18ClN3O. The maximum absolute atomic E-state index is 5.87. The van der Waals surface area contributed by atoms with Gasteiger partial charge in [0.15, 0.2) is 0 Å².